The number of carbonyl (C=O) groups is 1. The van der Waals surface area contributed by atoms with Gasteiger partial charge in [0.05, 0.1) is 13.7 Å². The van der Waals surface area contributed by atoms with E-state index in [0.717, 1.165) is 5.56 Å². The maximum absolute atomic E-state index is 11.6. The average Bonchev–Trinajstić information content (AvgIpc) is 2.35. The predicted molar refractivity (Wildman–Crippen MR) is 73.3 cm³/mol. The molecule has 0 atom stereocenters. The van der Waals surface area contributed by atoms with Crippen LogP contribution in [-0.4, -0.2) is 19.7 Å². The number of benzene rings is 1. The van der Waals surface area contributed by atoms with Crippen LogP contribution in [0.1, 0.15) is 29.8 Å². The van der Waals surface area contributed by atoms with Crippen LogP contribution in [0.25, 0.3) is 0 Å². The lowest BCUT2D eigenvalue weighted by atomic mass is 10.1. The molecule has 0 unspecified atom stereocenters. The second-order valence-electron chi connectivity index (χ2n) is 4.23. The van der Waals surface area contributed by atoms with Gasteiger partial charge >= 0.3 is 5.97 Å². The Bertz CT molecular complexity index is 394. The number of rotatable bonds is 5. The van der Waals surface area contributed by atoms with Crippen molar-refractivity contribution in [2.75, 3.05) is 13.7 Å². The van der Waals surface area contributed by atoms with E-state index >= 15 is 0 Å². The Labute approximate surface area is 114 Å². The highest BCUT2D eigenvalue weighted by Gasteiger charge is 2.14. The molecule has 0 saturated heterocycles. The fourth-order valence-electron chi connectivity index (χ4n) is 1.36. The van der Waals surface area contributed by atoms with E-state index in [9.17, 15) is 4.79 Å². The topological polar surface area (TPSA) is 61.5 Å². The first kappa shape index (κ1) is 16.7. The quantitative estimate of drug-likeness (QED) is 0.837. The summed E-state index contributed by atoms with van der Waals surface area (Å²) in [4.78, 5) is 11.6. The summed E-state index contributed by atoms with van der Waals surface area (Å²) in [5, 5.41) is 0. The second kappa shape index (κ2) is 7.95. The molecule has 0 aliphatic rings. The predicted octanol–water partition coefficient (Wildman–Crippen LogP) is 2.39. The Kier molecular flexibility index (Phi) is 7.39. The number of halogens is 1. The van der Waals surface area contributed by atoms with E-state index in [4.69, 9.17) is 15.2 Å². The van der Waals surface area contributed by atoms with Gasteiger partial charge in [-0.1, -0.05) is 19.9 Å². The first-order valence-corrected chi connectivity index (χ1v) is 5.62. The van der Waals surface area contributed by atoms with Gasteiger partial charge in [-0.25, -0.2) is 4.79 Å². The first-order chi connectivity index (χ1) is 8.08. The third-order valence-electron chi connectivity index (χ3n) is 2.26. The molecular weight excluding hydrogens is 254 g/mol. The van der Waals surface area contributed by atoms with E-state index in [2.05, 4.69) is 0 Å². The third kappa shape index (κ3) is 4.55. The number of hydrogen-bond donors (Lipinski definition) is 1. The van der Waals surface area contributed by atoms with Crippen LogP contribution in [0.5, 0.6) is 5.75 Å². The number of nitrogens with two attached hydrogens (primary N) is 1. The van der Waals surface area contributed by atoms with E-state index in [-0.39, 0.29) is 12.4 Å². The maximum atomic E-state index is 11.6. The van der Waals surface area contributed by atoms with Crippen LogP contribution >= 0.6 is 12.4 Å². The summed E-state index contributed by atoms with van der Waals surface area (Å²) < 4.78 is 10.3. The van der Waals surface area contributed by atoms with Crippen LogP contribution in [-0.2, 0) is 11.3 Å². The molecule has 102 valence electrons. The van der Waals surface area contributed by atoms with Crippen LogP contribution < -0.4 is 10.5 Å². The molecule has 0 bridgehead atoms. The number of methoxy groups -OCH3 is 1. The number of esters is 1. The minimum Gasteiger partial charge on any atom is -0.492 e. The monoisotopic (exact) mass is 273 g/mol. The molecule has 0 amide bonds. The zero-order valence-electron chi connectivity index (χ0n) is 10.9. The summed E-state index contributed by atoms with van der Waals surface area (Å²) in [6, 6.07) is 5.32. The van der Waals surface area contributed by atoms with Gasteiger partial charge in [-0.05, 0) is 23.6 Å². The van der Waals surface area contributed by atoms with Gasteiger partial charge in [-0.15, -0.1) is 12.4 Å². The van der Waals surface area contributed by atoms with Gasteiger partial charge in [-0.3, -0.25) is 0 Å². The highest BCUT2D eigenvalue weighted by molar-refractivity contribution is 5.92. The molecule has 0 fully saturated rings. The maximum Gasteiger partial charge on any atom is 0.341 e. The molecule has 2 N–H and O–H groups in total. The smallest absolute Gasteiger partial charge is 0.341 e. The van der Waals surface area contributed by atoms with Crippen molar-refractivity contribution < 1.29 is 14.3 Å². The summed E-state index contributed by atoms with van der Waals surface area (Å²) >= 11 is 0. The molecule has 0 saturated carbocycles. The number of ether oxygens (including phenoxy) is 2. The van der Waals surface area contributed by atoms with Crippen molar-refractivity contribution in [1.82, 2.24) is 0 Å². The van der Waals surface area contributed by atoms with Crippen LogP contribution in [0, 0.1) is 5.92 Å². The normalized spacial score (nSPS) is 9.83. The Morgan fingerprint density at radius 1 is 1.39 bits per heavy atom. The fraction of sp³-hybridized carbons (Fsp3) is 0.462. The molecule has 0 aliphatic heterocycles. The Balaban J connectivity index is 0.00000289. The molecule has 1 aromatic carbocycles. The molecule has 0 radical (unpaired) electrons. The fourth-order valence-corrected chi connectivity index (χ4v) is 1.36. The summed E-state index contributed by atoms with van der Waals surface area (Å²) in [7, 11) is 1.35. The van der Waals surface area contributed by atoms with E-state index in [0.29, 0.717) is 30.4 Å². The van der Waals surface area contributed by atoms with Crippen molar-refractivity contribution in [1.29, 1.82) is 0 Å². The van der Waals surface area contributed by atoms with Gasteiger partial charge in [0.1, 0.15) is 11.3 Å². The minimum absolute atomic E-state index is 0. The van der Waals surface area contributed by atoms with E-state index in [1.807, 2.05) is 19.9 Å². The highest BCUT2D eigenvalue weighted by atomic mass is 35.5. The summed E-state index contributed by atoms with van der Waals surface area (Å²) in [6.45, 7) is 5.04. The number of hydrogen-bond acceptors (Lipinski definition) is 4. The van der Waals surface area contributed by atoms with Crippen molar-refractivity contribution in [2.24, 2.45) is 11.7 Å². The molecule has 1 rings (SSSR count). The van der Waals surface area contributed by atoms with Crippen molar-refractivity contribution >= 4 is 18.4 Å². The zero-order valence-corrected chi connectivity index (χ0v) is 11.8. The van der Waals surface area contributed by atoms with Gasteiger partial charge in [0, 0.05) is 6.54 Å². The molecule has 0 aromatic heterocycles. The zero-order chi connectivity index (χ0) is 12.8. The lowest BCUT2D eigenvalue weighted by molar-refractivity contribution is 0.0595. The molecule has 18 heavy (non-hydrogen) atoms. The van der Waals surface area contributed by atoms with E-state index < -0.39 is 5.97 Å². The molecule has 1 aromatic rings. The molecule has 4 nitrogen and oxygen atoms in total. The Hall–Kier alpha value is -1.26. The van der Waals surface area contributed by atoms with Gasteiger partial charge in [-0.2, -0.15) is 0 Å². The Morgan fingerprint density at radius 2 is 2.06 bits per heavy atom. The SMILES string of the molecule is COC(=O)c1cc(CN)ccc1OCC(C)C.Cl. The molecule has 0 spiro atoms. The lowest BCUT2D eigenvalue weighted by Gasteiger charge is -2.13. The van der Waals surface area contributed by atoms with Crippen LogP contribution in [0.4, 0.5) is 0 Å². The van der Waals surface area contributed by atoms with Crippen molar-refractivity contribution in [2.45, 2.75) is 20.4 Å². The largest absolute Gasteiger partial charge is 0.492 e. The standard InChI is InChI=1S/C13H19NO3.ClH/c1-9(2)8-17-12-5-4-10(7-14)6-11(12)13(15)16-3;/h4-6,9H,7-8,14H2,1-3H3;1H. The average molecular weight is 274 g/mol. The third-order valence-corrected chi connectivity index (χ3v) is 2.26. The molecule has 0 heterocycles. The van der Waals surface area contributed by atoms with Crippen molar-refractivity contribution in [3.8, 4) is 5.75 Å². The van der Waals surface area contributed by atoms with Crippen LogP contribution in [0.3, 0.4) is 0 Å². The summed E-state index contributed by atoms with van der Waals surface area (Å²) in [6.07, 6.45) is 0. The van der Waals surface area contributed by atoms with Crippen LogP contribution in [0.2, 0.25) is 0 Å². The molecular formula is C13H20ClNO3. The van der Waals surface area contributed by atoms with Crippen LogP contribution in [0.15, 0.2) is 18.2 Å². The second-order valence-corrected chi connectivity index (χ2v) is 4.23. The van der Waals surface area contributed by atoms with Gasteiger partial charge < -0.3 is 15.2 Å². The summed E-state index contributed by atoms with van der Waals surface area (Å²) in [5.41, 5.74) is 6.84. The minimum atomic E-state index is -0.404. The Morgan fingerprint density at radius 3 is 2.56 bits per heavy atom. The molecule has 5 heteroatoms. The van der Waals surface area contributed by atoms with Crippen molar-refractivity contribution in [3.05, 3.63) is 29.3 Å². The lowest BCUT2D eigenvalue weighted by Crippen LogP contribution is -2.11. The van der Waals surface area contributed by atoms with Gasteiger partial charge in [0.15, 0.2) is 0 Å². The summed E-state index contributed by atoms with van der Waals surface area (Å²) in [5.74, 6) is 0.538. The first-order valence-electron chi connectivity index (χ1n) is 5.62. The number of carbonyl (C=O) groups excluding carboxylic acids is 1. The van der Waals surface area contributed by atoms with E-state index in [1.165, 1.54) is 7.11 Å². The van der Waals surface area contributed by atoms with Gasteiger partial charge in [0.2, 0.25) is 0 Å². The highest BCUT2D eigenvalue weighted by Crippen LogP contribution is 2.21. The van der Waals surface area contributed by atoms with E-state index in [1.54, 1.807) is 12.1 Å². The van der Waals surface area contributed by atoms with Gasteiger partial charge in [0.25, 0.3) is 0 Å². The van der Waals surface area contributed by atoms with Crippen molar-refractivity contribution in [3.63, 3.8) is 0 Å². The molecule has 0 aliphatic carbocycles.